The Hall–Kier alpha value is -2.16. The second-order valence-electron chi connectivity index (χ2n) is 2.58. The zero-order chi connectivity index (χ0) is 12.1. The maximum Gasteiger partial charge on any atom is 0.294 e. The fraction of sp³-hybridized carbons (Fsp3) is 0.143. The number of thiazole rings is 1. The Morgan fingerprint density at radius 2 is 2.31 bits per heavy atom. The second kappa shape index (κ2) is 5.07. The number of rotatable bonds is 5. The van der Waals surface area contributed by atoms with E-state index >= 15 is 0 Å². The Morgan fingerprint density at radius 1 is 1.62 bits per heavy atom. The van der Waals surface area contributed by atoms with Gasteiger partial charge in [-0.15, -0.1) is 11.3 Å². The lowest BCUT2D eigenvalue weighted by atomic mass is 10.3. The average Bonchev–Trinajstić information content (AvgIpc) is 2.58. The highest BCUT2D eigenvalue weighted by Crippen LogP contribution is 2.12. The molecule has 8 nitrogen and oxygen atoms in total. The molecule has 0 saturated heterocycles. The Balaban J connectivity index is 2.83. The number of aromatic nitrogens is 1. The van der Waals surface area contributed by atoms with Gasteiger partial charge in [0.1, 0.15) is 5.69 Å². The molecule has 0 atom stereocenters. The van der Waals surface area contributed by atoms with Gasteiger partial charge in [0.05, 0.1) is 0 Å². The molecule has 0 saturated carbocycles. The summed E-state index contributed by atoms with van der Waals surface area (Å²) in [6.45, 7) is -0.476. The van der Waals surface area contributed by atoms with Gasteiger partial charge in [-0.2, -0.15) is 0 Å². The summed E-state index contributed by atoms with van der Waals surface area (Å²) in [4.78, 5) is 29.5. The lowest BCUT2D eigenvalue weighted by molar-refractivity contribution is -0.122. The highest BCUT2D eigenvalue weighted by molar-refractivity contribution is 7.13. The van der Waals surface area contributed by atoms with Crippen LogP contribution in [0.15, 0.2) is 10.5 Å². The molecule has 1 rings (SSSR count). The molecule has 1 aromatic rings. The molecule has 16 heavy (non-hydrogen) atoms. The maximum atomic E-state index is 10.9. The van der Waals surface area contributed by atoms with Crippen molar-refractivity contribution < 1.29 is 14.4 Å². The van der Waals surface area contributed by atoms with Crippen molar-refractivity contribution in [3.63, 3.8) is 0 Å². The van der Waals surface area contributed by atoms with Gasteiger partial charge in [0.15, 0.2) is 17.5 Å². The molecule has 0 bridgehead atoms. The van der Waals surface area contributed by atoms with E-state index in [9.17, 15) is 9.59 Å². The number of nitrogens with one attached hydrogen (secondary N) is 1. The zero-order valence-corrected chi connectivity index (χ0v) is 8.78. The number of hydrogen-bond acceptors (Lipinski definition) is 7. The average molecular weight is 242 g/mol. The minimum absolute atomic E-state index is 0.131. The summed E-state index contributed by atoms with van der Waals surface area (Å²) in [5.74, 6) is -1.83. The number of nitrogen functional groups attached to an aromatic ring is 1. The summed E-state index contributed by atoms with van der Waals surface area (Å²) >= 11 is 1.09. The topological polar surface area (TPSA) is 144 Å². The molecule has 0 aliphatic heterocycles. The van der Waals surface area contributed by atoms with Crippen molar-refractivity contribution >= 4 is 34.0 Å². The fourth-order valence-electron chi connectivity index (χ4n) is 0.761. The van der Waals surface area contributed by atoms with Crippen molar-refractivity contribution in [2.45, 2.75) is 0 Å². The number of nitrogens with two attached hydrogens (primary N) is 2. The van der Waals surface area contributed by atoms with E-state index in [0.717, 1.165) is 11.3 Å². The van der Waals surface area contributed by atoms with Gasteiger partial charge in [0, 0.05) is 5.38 Å². The van der Waals surface area contributed by atoms with Crippen LogP contribution in [0.3, 0.4) is 0 Å². The molecule has 9 heteroatoms. The third-order valence-corrected chi connectivity index (χ3v) is 2.02. The first kappa shape index (κ1) is 11.9. The van der Waals surface area contributed by atoms with Crippen molar-refractivity contribution in [3.05, 3.63) is 11.1 Å². The van der Waals surface area contributed by atoms with E-state index in [4.69, 9.17) is 17.2 Å². The van der Waals surface area contributed by atoms with E-state index in [1.165, 1.54) is 5.38 Å². The van der Waals surface area contributed by atoms with E-state index in [1.807, 2.05) is 0 Å². The van der Waals surface area contributed by atoms with Crippen molar-refractivity contribution in [1.82, 2.24) is 10.7 Å². The molecule has 1 heterocycles. The molecule has 0 aromatic carbocycles. The Morgan fingerprint density at radius 3 is 2.75 bits per heavy atom. The van der Waals surface area contributed by atoms with E-state index in [-0.39, 0.29) is 16.5 Å². The first-order valence-electron chi connectivity index (χ1n) is 3.96. The van der Waals surface area contributed by atoms with Crippen LogP contribution in [0.2, 0.25) is 0 Å². The predicted octanol–water partition coefficient (Wildman–Crippen LogP) is -1.26. The third kappa shape index (κ3) is 3.20. The normalized spacial score (nSPS) is 11.1. The number of amides is 2. The van der Waals surface area contributed by atoms with Crippen LogP contribution in [0.5, 0.6) is 0 Å². The molecule has 0 aliphatic carbocycles. The molecule has 1 aromatic heterocycles. The van der Waals surface area contributed by atoms with Crippen LogP contribution in [0.25, 0.3) is 0 Å². The van der Waals surface area contributed by atoms with Gasteiger partial charge in [-0.3, -0.25) is 15.3 Å². The lowest BCUT2D eigenvalue weighted by Gasteiger charge is -1.98. The van der Waals surface area contributed by atoms with Crippen molar-refractivity contribution in [2.24, 2.45) is 10.9 Å². The van der Waals surface area contributed by atoms with Crippen LogP contribution in [0.1, 0.15) is 5.69 Å². The number of carbonyl (C=O) groups excluding carboxylic acids is 2. The third-order valence-electron chi connectivity index (χ3n) is 1.34. The van der Waals surface area contributed by atoms with Crippen molar-refractivity contribution in [1.29, 1.82) is 0 Å². The highest BCUT2D eigenvalue weighted by Gasteiger charge is 2.15. The quantitative estimate of drug-likeness (QED) is 0.489. The molecule has 85 valence electrons. The molecule has 0 unspecified atom stereocenters. The molecular formula is C7H8N5O3S. The van der Waals surface area contributed by atoms with Crippen LogP contribution in [-0.4, -0.2) is 29.1 Å². The van der Waals surface area contributed by atoms with E-state index in [2.05, 4.69) is 15.0 Å². The molecule has 0 aliphatic rings. The number of anilines is 1. The first-order chi connectivity index (χ1) is 7.50. The Bertz CT molecular complexity index is 441. The lowest BCUT2D eigenvalue weighted by Crippen LogP contribution is -2.20. The summed E-state index contributed by atoms with van der Waals surface area (Å²) in [6, 6.07) is 0. The summed E-state index contributed by atoms with van der Waals surface area (Å²) in [6.07, 6.45) is 0. The van der Waals surface area contributed by atoms with Gasteiger partial charge in [-0.25, -0.2) is 4.98 Å². The number of nitrogens with zero attached hydrogens (tertiary/aromatic N) is 2. The molecule has 0 spiro atoms. The second-order valence-corrected chi connectivity index (χ2v) is 3.47. The zero-order valence-electron chi connectivity index (χ0n) is 7.97. The molecule has 0 fully saturated rings. The molecular weight excluding hydrogens is 234 g/mol. The first-order valence-corrected chi connectivity index (χ1v) is 4.84. The number of oxime groups is 1. The van der Waals surface area contributed by atoms with E-state index in [0.29, 0.717) is 0 Å². The Kier molecular flexibility index (Phi) is 3.78. The SMILES string of the molecule is [NH]C(=O)C(=NOCC(N)=O)c1csc(N)n1. The molecule has 2 amide bonds. The number of primary amides is 1. The van der Waals surface area contributed by atoms with Crippen molar-refractivity contribution in [2.75, 3.05) is 12.3 Å². The van der Waals surface area contributed by atoms with Crippen LogP contribution < -0.4 is 17.2 Å². The van der Waals surface area contributed by atoms with Gasteiger partial charge in [-0.05, 0) is 0 Å². The van der Waals surface area contributed by atoms with Crippen LogP contribution in [0.4, 0.5) is 5.13 Å². The van der Waals surface area contributed by atoms with Gasteiger partial charge < -0.3 is 16.3 Å². The summed E-state index contributed by atoms with van der Waals surface area (Å²) in [5.41, 5.74) is 16.9. The molecule has 1 radical (unpaired) electrons. The standard InChI is InChI=1S/C7H8N5O3S/c8-4(13)1-15-12-5(6(9)14)3-2-16-7(10)11-3/h2,9H,1H2,(H2,8,13)(H2,10,11). The van der Waals surface area contributed by atoms with Crippen LogP contribution >= 0.6 is 11.3 Å². The number of hydrogen-bond donors (Lipinski definition) is 2. The highest BCUT2D eigenvalue weighted by atomic mass is 32.1. The summed E-state index contributed by atoms with van der Waals surface area (Å²) in [7, 11) is 0. The molecule has 5 N–H and O–H groups in total. The van der Waals surface area contributed by atoms with Gasteiger partial charge in [0.2, 0.25) is 0 Å². The van der Waals surface area contributed by atoms with Gasteiger partial charge >= 0.3 is 0 Å². The van der Waals surface area contributed by atoms with Crippen LogP contribution in [-0.2, 0) is 14.4 Å². The number of carbonyl (C=O) groups is 2. The van der Waals surface area contributed by atoms with Gasteiger partial charge in [-0.1, -0.05) is 5.16 Å². The fourth-order valence-corrected chi connectivity index (χ4v) is 1.31. The summed E-state index contributed by atoms with van der Waals surface area (Å²) < 4.78 is 0. The van der Waals surface area contributed by atoms with Gasteiger partial charge in [0.25, 0.3) is 11.8 Å². The van der Waals surface area contributed by atoms with Crippen LogP contribution in [0, 0.1) is 0 Å². The minimum Gasteiger partial charge on any atom is -0.385 e. The van der Waals surface area contributed by atoms with E-state index < -0.39 is 18.4 Å². The van der Waals surface area contributed by atoms with Crippen molar-refractivity contribution in [3.8, 4) is 0 Å². The maximum absolute atomic E-state index is 10.9. The monoisotopic (exact) mass is 242 g/mol. The Labute approximate surface area is 94.1 Å². The summed E-state index contributed by atoms with van der Waals surface area (Å²) in [5, 5.41) is 5.00. The smallest absolute Gasteiger partial charge is 0.294 e. The minimum atomic E-state index is -1.09. The largest absolute Gasteiger partial charge is 0.385 e. The van der Waals surface area contributed by atoms with E-state index in [1.54, 1.807) is 0 Å². The predicted molar refractivity (Wildman–Crippen MR) is 56.3 cm³/mol.